The number of hydrogen-bond donors (Lipinski definition) is 1. The summed E-state index contributed by atoms with van der Waals surface area (Å²) in [6, 6.07) is 12.1. The van der Waals surface area contributed by atoms with E-state index >= 15 is 0 Å². The maximum atomic E-state index is 4.18. The third-order valence-electron chi connectivity index (χ3n) is 1.80. The first kappa shape index (κ1) is 10.4. The summed E-state index contributed by atoms with van der Waals surface area (Å²) in [6.07, 6.45) is 3.72. The standard InChI is InChI=1S/C9H7N.C2H3NS2/c1-2-6-9-8(4-1)5-3-7-10-9;1-2-4-5-3-1/h1-7H;1-3H. The molecule has 1 aromatic carbocycles. The van der Waals surface area contributed by atoms with E-state index in [1.54, 1.807) is 21.8 Å². The first-order valence-corrected chi connectivity index (χ1v) is 6.71. The van der Waals surface area contributed by atoms with Crippen molar-refractivity contribution in [3.05, 3.63) is 54.2 Å². The van der Waals surface area contributed by atoms with Crippen LogP contribution in [0, 0.1) is 0 Å². The number of para-hydroxylation sites is 1. The molecule has 0 unspecified atom stereocenters. The number of hydrogen-bond acceptors (Lipinski definition) is 4. The highest BCUT2D eigenvalue weighted by molar-refractivity contribution is 8.77. The van der Waals surface area contributed by atoms with Gasteiger partial charge in [0.05, 0.1) is 5.52 Å². The van der Waals surface area contributed by atoms with Crippen LogP contribution in [0.1, 0.15) is 0 Å². The summed E-state index contributed by atoms with van der Waals surface area (Å²) in [7, 11) is 3.33. The smallest absolute Gasteiger partial charge is 0.0701 e. The van der Waals surface area contributed by atoms with Gasteiger partial charge in [0.2, 0.25) is 0 Å². The van der Waals surface area contributed by atoms with Crippen molar-refractivity contribution in [2.45, 2.75) is 0 Å². The van der Waals surface area contributed by atoms with Gasteiger partial charge in [0, 0.05) is 34.2 Å². The first-order chi connectivity index (χ1) is 7.47. The Balaban J connectivity index is 0.000000144. The maximum absolute atomic E-state index is 4.18. The highest BCUT2D eigenvalue weighted by Crippen LogP contribution is 2.22. The number of aromatic nitrogens is 1. The van der Waals surface area contributed by atoms with E-state index in [9.17, 15) is 0 Å². The van der Waals surface area contributed by atoms with Gasteiger partial charge in [-0.05, 0) is 22.9 Å². The summed E-state index contributed by atoms with van der Waals surface area (Å²) in [4.78, 5) is 4.18. The summed E-state index contributed by atoms with van der Waals surface area (Å²) in [5.74, 6) is 0. The summed E-state index contributed by atoms with van der Waals surface area (Å²) < 4.78 is 2.92. The van der Waals surface area contributed by atoms with Crippen molar-refractivity contribution in [3.63, 3.8) is 0 Å². The average Bonchev–Trinajstić information content (AvgIpc) is 2.88. The molecule has 76 valence electrons. The zero-order valence-electron chi connectivity index (χ0n) is 7.96. The van der Waals surface area contributed by atoms with Gasteiger partial charge in [-0.3, -0.25) is 4.98 Å². The number of nitrogens with one attached hydrogen (secondary N) is 1. The van der Waals surface area contributed by atoms with Crippen molar-refractivity contribution in [3.8, 4) is 0 Å². The molecule has 2 nitrogen and oxygen atoms in total. The Hall–Kier alpha value is -1.13. The number of fused-ring (bicyclic) bond motifs is 1. The topological polar surface area (TPSA) is 24.9 Å². The van der Waals surface area contributed by atoms with Crippen LogP contribution in [-0.4, -0.2) is 4.98 Å². The van der Waals surface area contributed by atoms with Gasteiger partial charge >= 0.3 is 0 Å². The van der Waals surface area contributed by atoms with E-state index in [-0.39, 0.29) is 0 Å². The minimum Gasteiger partial charge on any atom is -0.327 e. The zero-order chi connectivity index (χ0) is 10.3. The molecule has 2 aromatic rings. The van der Waals surface area contributed by atoms with Crippen LogP contribution in [0.25, 0.3) is 10.9 Å². The van der Waals surface area contributed by atoms with Crippen LogP contribution in [0.2, 0.25) is 0 Å². The van der Waals surface area contributed by atoms with Crippen LogP contribution in [0.4, 0.5) is 0 Å². The molecule has 0 atom stereocenters. The molecule has 0 spiro atoms. The van der Waals surface area contributed by atoms with Crippen LogP contribution in [0.5, 0.6) is 0 Å². The second kappa shape index (κ2) is 5.68. The van der Waals surface area contributed by atoms with Crippen molar-refractivity contribution >= 4 is 32.7 Å². The van der Waals surface area contributed by atoms with Gasteiger partial charge in [0.1, 0.15) is 0 Å². The molecule has 15 heavy (non-hydrogen) atoms. The molecule has 0 radical (unpaired) electrons. The summed E-state index contributed by atoms with van der Waals surface area (Å²) >= 11 is 0. The second-order valence-electron chi connectivity index (χ2n) is 2.80. The second-order valence-corrected chi connectivity index (χ2v) is 4.74. The summed E-state index contributed by atoms with van der Waals surface area (Å²) in [5.41, 5.74) is 1.06. The fourth-order valence-corrected chi connectivity index (χ4v) is 2.27. The molecule has 1 aliphatic rings. The molecule has 4 heteroatoms. The van der Waals surface area contributed by atoms with Gasteiger partial charge in [0.15, 0.2) is 0 Å². The van der Waals surface area contributed by atoms with Gasteiger partial charge in [-0.25, -0.2) is 0 Å². The van der Waals surface area contributed by atoms with E-state index in [0.29, 0.717) is 0 Å². The minimum atomic E-state index is 1.06. The lowest BCUT2D eigenvalue weighted by atomic mass is 10.2. The quantitative estimate of drug-likeness (QED) is 0.556. The lowest BCUT2D eigenvalue weighted by Gasteiger charge is -1.91. The number of pyridine rings is 1. The van der Waals surface area contributed by atoms with Crippen molar-refractivity contribution in [2.75, 3.05) is 0 Å². The maximum Gasteiger partial charge on any atom is 0.0701 e. The van der Waals surface area contributed by atoms with Crippen molar-refractivity contribution in [1.29, 1.82) is 0 Å². The van der Waals surface area contributed by atoms with Gasteiger partial charge in [-0.1, -0.05) is 24.3 Å². The summed E-state index contributed by atoms with van der Waals surface area (Å²) in [6.45, 7) is 0. The molecule has 0 saturated heterocycles. The van der Waals surface area contributed by atoms with Crippen molar-refractivity contribution in [1.82, 2.24) is 9.71 Å². The van der Waals surface area contributed by atoms with Crippen LogP contribution in [0.3, 0.4) is 0 Å². The average molecular weight is 234 g/mol. The Morgan fingerprint density at radius 2 is 1.93 bits per heavy atom. The molecule has 0 bridgehead atoms. The Kier molecular flexibility index (Phi) is 3.93. The van der Waals surface area contributed by atoms with E-state index in [0.717, 1.165) is 5.52 Å². The number of benzene rings is 1. The molecule has 1 N–H and O–H groups in total. The van der Waals surface area contributed by atoms with Crippen molar-refractivity contribution in [2.24, 2.45) is 0 Å². The highest BCUT2D eigenvalue weighted by Gasteiger charge is 1.86. The monoisotopic (exact) mass is 234 g/mol. The predicted molar refractivity (Wildman–Crippen MR) is 69.2 cm³/mol. The molecule has 0 fully saturated rings. The van der Waals surface area contributed by atoms with E-state index in [1.165, 1.54) is 5.39 Å². The van der Waals surface area contributed by atoms with Crippen LogP contribution >= 0.6 is 21.8 Å². The lowest BCUT2D eigenvalue weighted by molar-refractivity contribution is 1.41. The van der Waals surface area contributed by atoms with Crippen LogP contribution in [-0.2, 0) is 0 Å². The van der Waals surface area contributed by atoms with E-state index in [2.05, 4.69) is 21.8 Å². The number of nitrogens with zero attached hydrogens (tertiary/aromatic N) is 1. The van der Waals surface area contributed by atoms with Crippen LogP contribution in [0.15, 0.2) is 54.2 Å². The molecule has 3 rings (SSSR count). The Labute approximate surface area is 96.7 Å². The molecule has 2 heterocycles. The summed E-state index contributed by atoms with van der Waals surface area (Å²) in [5, 5.41) is 3.20. The van der Waals surface area contributed by atoms with E-state index in [4.69, 9.17) is 0 Å². The minimum absolute atomic E-state index is 1.06. The molecular weight excluding hydrogens is 224 g/mol. The molecule has 0 aliphatic carbocycles. The predicted octanol–water partition coefficient (Wildman–Crippen LogP) is 3.59. The van der Waals surface area contributed by atoms with Gasteiger partial charge < -0.3 is 4.72 Å². The fourth-order valence-electron chi connectivity index (χ4n) is 1.15. The van der Waals surface area contributed by atoms with Crippen LogP contribution < -0.4 is 4.72 Å². The molecule has 1 aliphatic heterocycles. The Bertz CT molecular complexity index is 386. The van der Waals surface area contributed by atoms with E-state index < -0.39 is 0 Å². The molecule has 0 saturated carbocycles. The van der Waals surface area contributed by atoms with E-state index in [1.807, 2.05) is 42.1 Å². The normalized spacial score (nSPS) is 13.1. The third kappa shape index (κ3) is 3.18. The first-order valence-electron chi connectivity index (χ1n) is 4.49. The van der Waals surface area contributed by atoms with Gasteiger partial charge in [0.25, 0.3) is 0 Å². The van der Waals surface area contributed by atoms with Crippen molar-refractivity contribution < 1.29 is 0 Å². The fraction of sp³-hybridized carbons (Fsp3) is 0. The largest absolute Gasteiger partial charge is 0.327 e. The molecular formula is C11H10N2S2. The van der Waals surface area contributed by atoms with Gasteiger partial charge in [-0.2, -0.15) is 0 Å². The Morgan fingerprint density at radius 3 is 2.60 bits per heavy atom. The molecule has 1 aromatic heterocycles. The SMILES string of the molecule is C1=CSSN1.c1ccc2ncccc2c1. The zero-order valence-corrected chi connectivity index (χ0v) is 9.59. The molecule has 0 amide bonds. The number of rotatable bonds is 0. The lowest BCUT2D eigenvalue weighted by Crippen LogP contribution is -1.76. The van der Waals surface area contributed by atoms with Gasteiger partial charge in [-0.15, -0.1) is 0 Å². The Morgan fingerprint density at radius 1 is 1.07 bits per heavy atom. The third-order valence-corrected chi connectivity index (χ3v) is 3.29. The highest BCUT2D eigenvalue weighted by atomic mass is 33.1.